The minimum absolute atomic E-state index is 0.00644. The molecule has 3 aromatic carbocycles. The zero-order chi connectivity index (χ0) is 29.4. The van der Waals surface area contributed by atoms with Gasteiger partial charge in [0.15, 0.2) is 0 Å². The van der Waals surface area contributed by atoms with Gasteiger partial charge < -0.3 is 10.2 Å². The fraction of sp³-hybridized carbons (Fsp3) is 0.333. The fourth-order valence-electron chi connectivity index (χ4n) is 4.42. The highest BCUT2D eigenvalue weighted by Gasteiger charge is 2.34. The van der Waals surface area contributed by atoms with Gasteiger partial charge in [-0.2, -0.15) is 0 Å². The van der Waals surface area contributed by atoms with Crippen LogP contribution in [0, 0.1) is 0 Å². The Morgan fingerprint density at radius 1 is 0.900 bits per heavy atom. The van der Waals surface area contributed by atoms with Crippen LogP contribution in [-0.4, -0.2) is 43.8 Å². The summed E-state index contributed by atoms with van der Waals surface area (Å²) >= 11 is 12.5. The second kappa shape index (κ2) is 14.0. The lowest BCUT2D eigenvalue weighted by Gasteiger charge is -2.34. The number of nitrogens with zero attached hydrogens (tertiary/aromatic N) is 2. The van der Waals surface area contributed by atoms with Crippen molar-refractivity contribution in [3.05, 3.63) is 94.0 Å². The van der Waals surface area contributed by atoms with Gasteiger partial charge >= 0.3 is 0 Å². The van der Waals surface area contributed by atoms with Crippen molar-refractivity contribution < 1.29 is 18.0 Å². The van der Waals surface area contributed by atoms with Gasteiger partial charge in [-0.1, -0.05) is 79.5 Å². The topological polar surface area (TPSA) is 86.8 Å². The van der Waals surface area contributed by atoms with Gasteiger partial charge in [-0.3, -0.25) is 13.9 Å². The van der Waals surface area contributed by atoms with Gasteiger partial charge in [-0.25, -0.2) is 8.42 Å². The summed E-state index contributed by atoms with van der Waals surface area (Å²) in [5.41, 5.74) is 1.76. The summed E-state index contributed by atoms with van der Waals surface area (Å²) < 4.78 is 29.1. The Bertz CT molecular complexity index is 1430. The molecule has 0 bridgehead atoms. The molecule has 2 amide bonds. The van der Waals surface area contributed by atoms with Crippen molar-refractivity contribution in [2.75, 3.05) is 10.8 Å². The highest BCUT2D eigenvalue weighted by Crippen LogP contribution is 2.29. The van der Waals surface area contributed by atoms with Crippen LogP contribution in [0.25, 0.3) is 0 Å². The number of halogens is 2. The number of sulfonamides is 1. The summed E-state index contributed by atoms with van der Waals surface area (Å²) in [6, 6.07) is 19.0. The largest absolute Gasteiger partial charge is 0.352 e. The van der Waals surface area contributed by atoms with Gasteiger partial charge in [0.1, 0.15) is 12.6 Å². The molecular weight excluding hydrogens is 569 g/mol. The summed E-state index contributed by atoms with van der Waals surface area (Å²) in [5, 5.41) is 3.66. The number of benzene rings is 3. The quantitative estimate of drug-likeness (QED) is 0.272. The first-order valence-corrected chi connectivity index (χ1v) is 15.4. The van der Waals surface area contributed by atoms with Crippen LogP contribution in [0.15, 0.2) is 77.7 Å². The minimum Gasteiger partial charge on any atom is -0.352 e. The van der Waals surface area contributed by atoms with Crippen LogP contribution >= 0.6 is 23.2 Å². The Morgan fingerprint density at radius 2 is 1.55 bits per heavy atom. The number of hydrogen-bond donors (Lipinski definition) is 1. The molecule has 0 aliphatic rings. The average Bonchev–Trinajstić information content (AvgIpc) is 2.92. The van der Waals surface area contributed by atoms with E-state index in [2.05, 4.69) is 5.32 Å². The lowest BCUT2D eigenvalue weighted by atomic mass is 10.1. The van der Waals surface area contributed by atoms with E-state index in [0.29, 0.717) is 34.1 Å². The normalized spacial score (nSPS) is 12.2. The van der Waals surface area contributed by atoms with E-state index in [1.807, 2.05) is 32.9 Å². The van der Waals surface area contributed by atoms with E-state index in [9.17, 15) is 18.0 Å². The number of hydrogen-bond acceptors (Lipinski definition) is 4. The van der Waals surface area contributed by atoms with Crippen LogP contribution in [0.5, 0.6) is 0 Å². The molecule has 3 aromatic rings. The first kappa shape index (κ1) is 31.5. The SMILES string of the molecule is CCc1ccccc1N(CC(=O)N(Cc1ccc(Cl)cc1Cl)[C@@H](CC)C(=O)NC(C)C)S(=O)(=O)c1ccccc1. The third-order valence-corrected chi connectivity index (χ3v) is 8.78. The van der Waals surface area contributed by atoms with Crippen molar-refractivity contribution in [2.24, 2.45) is 0 Å². The predicted molar refractivity (Wildman–Crippen MR) is 161 cm³/mol. The molecule has 0 saturated heterocycles. The third-order valence-electron chi connectivity index (χ3n) is 6.42. The summed E-state index contributed by atoms with van der Waals surface area (Å²) in [6.07, 6.45) is 0.871. The molecule has 0 fully saturated rings. The molecule has 0 spiro atoms. The molecule has 0 heterocycles. The molecule has 0 saturated carbocycles. The van der Waals surface area contributed by atoms with Gasteiger partial charge in [0, 0.05) is 22.6 Å². The van der Waals surface area contributed by atoms with Crippen LogP contribution in [-0.2, 0) is 32.6 Å². The van der Waals surface area contributed by atoms with Crippen LogP contribution in [0.4, 0.5) is 5.69 Å². The van der Waals surface area contributed by atoms with Gasteiger partial charge in [0.05, 0.1) is 10.6 Å². The van der Waals surface area contributed by atoms with Crippen molar-refractivity contribution >= 4 is 50.7 Å². The lowest BCUT2D eigenvalue weighted by Crippen LogP contribution is -2.53. The molecule has 0 radical (unpaired) electrons. The highest BCUT2D eigenvalue weighted by molar-refractivity contribution is 7.92. The Morgan fingerprint density at radius 3 is 2.15 bits per heavy atom. The van der Waals surface area contributed by atoms with Crippen LogP contribution in [0.2, 0.25) is 10.0 Å². The molecule has 0 aliphatic carbocycles. The van der Waals surface area contributed by atoms with Gasteiger partial charge in [0.2, 0.25) is 11.8 Å². The Labute approximate surface area is 247 Å². The maximum absolute atomic E-state index is 14.1. The second-order valence-electron chi connectivity index (χ2n) is 9.65. The lowest BCUT2D eigenvalue weighted by molar-refractivity contribution is -0.140. The third kappa shape index (κ3) is 7.56. The molecule has 0 aromatic heterocycles. The van der Waals surface area contributed by atoms with Crippen LogP contribution < -0.4 is 9.62 Å². The maximum atomic E-state index is 14.1. The number of nitrogens with one attached hydrogen (secondary N) is 1. The molecule has 1 atom stereocenters. The van der Waals surface area contributed by atoms with E-state index in [-0.39, 0.29) is 23.4 Å². The molecule has 214 valence electrons. The Hall–Kier alpha value is -3.07. The van der Waals surface area contributed by atoms with Gasteiger partial charge in [0.25, 0.3) is 10.0 Å². The summed E-state index contributed by atoms with van der Waals surface area (Å²) in [4.78, 5) is 28.9. The molecule has 10 heteroatoms. The molecule has 1 N–H and O–H groups in total. The van der Waals surface area contributed by atoms with Crippen molar-refractivity contribution in [3.63, 3.8) is 0 Å². The fourth-order valence-corrected chi connectivity index (χ4v) is 6.36. The van der Waals surface area contributed by atoms with Crippen LogP contribution in [0.3, 0.4) is 0 Å². The van der Waals surface area contributed by atoms with E-state index in [1.54, 1.807) is 55.5 Å². The molecule has 40 heavy (non-hydrogen) atoms. The zero-order valence-electron chi connectivity index (χ0n) is 23.1. The van der Waals surface area contributed by atoms with Crippen molar-refractivity contribution in [1.29, 1.82) is 0 Å². The summed E-state index contributed by atoms with van der Waals surface area (Å²) in [5.74, 6) is -0.871. The second-order valence-corrected chi connectivity index (χ2v) is 12.4. The Kier molecular flexibility index (Phi) is 11.0. The van der Waals surface area contributed by atoms with Crippen molar-refractivity contribution in [1.82, 2.24) is 10.2 Å². The average molecular weight is 605 g/mol. The monoisotopic (exact) mass is 603 g/mol. The molecule has 3 rings (SSSR count). The molecule has 0 aliphatic heterocycles. The van der Waals surface area contributed by atoms with Gasteiger partial charge in [-0.15, -0.1) is 0 Å². The predicted octanol–water partition coefficient (Wildman–Crippen LogP) is 6.08. The number of rotatable bonds is 12. The molecule has 0 unspecified atom stereocenters. The van der Waals surface area contributed by atoms with E-state index >= 15 is 0 Å². The van der Waals surface area contributed by atoms with Crippen molar-refractivity contribution in [3.8, 4) is 0 Å². The van der Waals surface area contributed by atoms with Gasteiger partial charge in [-0.05, 0) is 68.1 Å². The summed E-state index contributed by atoms with van der Waals surface area (Å²) in [7, 11) is -4.13. The van der Waals surface area contributed by atoms with E-state index in [4.69, 9.17) is 23.2 Å². The number of aryl methyl sites for hydroxylation is 1. The van der Waals surface area contributed by atoms with E-state index in [0.717, 1.165) is 9.87 Å². The first-order valence-electron chi connectivity index (χ1n) is 13.2. The van der Waals surface area contributed by atoms with Crippen molar-refractivity contribution in [2.45, 2.75) is 64.1 Å². The minimum atomic E-state index is -4.13. The zero-order valence-corrected chi connectivity index (χ0v) is 25.4. The highest BCUT2D eigenvalue weighted by atomic mass is 35.5. The van der Waals surface area contributed by atoms with E-state index in [1.165, 1.54) is 17.0 Å². The number of amides is 2. The number of para-hydroxylation sites is 1. The standard InChI is InChI=1S/C30H35Cl2N3O4S/c1-5-22-12-10-11-15-28(22)35(40(38,39)25-13-8-7-9-14-25)20-29(36)34(27(6-2)30(37)33-21(3)4)19-23-16-17-24(31)18-26(23)32/h7-18,21,27H,5-6,19-20H2,1-4H3,(H,33,37)/t27-/m0/s1. The number of carbonyl (C=O) groups excluding carboxylic acids is 2. The van der Waals surface area contributed by atoms with E-state index < -0.39 is 28.5 Å². The maximum Gasteiger partial charge on any atom is 0.264 e. The molecule has 7 nitrogen and oxygen atoms in total. The Balaban J connectivity index is 2.11. The smallest absolute Gasteiger partial charge is 0.264 e. The molecular formula is C30H35Cl2N3O4S. The number of carbonyl (C=O) groups is 2. The first-order chi connectivity index (χ1) is 19.0. The summed E-state index contributed by atoms with van der Waals surface area (Å²) in [6.45, 7) is 6.88. The van der Waals surface area contributed by atoms with Crippen LogP contribution in [0.1, 0.15) is 45.2 Å². The number of anilines is 1.